The van der Waals surface area contributed by atoms with E-state index in [1.807, 2.05) is 6.92 Å². The Balaban J connectivity index is 2.29. The number of alkyl halides is 3. The molecule has 0 aliphatic rings. The molecule has 4 nitrogen and oxygen atoms in total. The first kappa shape index (κ1) is 16.5. The summed E-state index contributed by atoms with van der Waals surface area (Å²) in [7, 11) is 0. The van der Waals surface area contributed by atoms with E-state index in [1.165, 1.54) is 6.07 Å². The zero-order valence-electron chi connectivity index (χ0n) is 11.8. The zero-order chi connectivity index (χ0) is 16.2. The number of hydrogen-bond donors (Lipinski definition) is 1. The van der Waals surface area contributed by atoms with E-state index in [0.29, 0.717) is 11.9 Å². The number of carbonyl (C=O) groups excluding carboxylic acids is 1. The van der Waals surface area contributed by atoms with Gasteiger partial charge in [-0.25, -0.2) is 9.97 Å². The summed E-state index contributed by atoms with van der Waals surface area (Å²) in [5, 5.41) is 3.33. The van der Waals surface area contributed by atoms with Crippen LogP contribution in [0, 0.1) is 0 Å². The van der Waals surface area contributed by atoms with Gasteiger partial charge in [0.25, 0.3) is 0 Å². The molecule has 8 heteroatoms. The van der Waals surface area contributed by atoms with Gasteiger partial charge in [0.05, 0.1) is 11.3 Å². The molecule has 1 aromatic heterocycles. The van der Waals surface area contributed by atoms with E-state index >= 15 is 0 Å². The lowest BCUT2D eigenvalue weighted by molar-refractivity contribution is -0.145. The number of carbonyl (C=O) groups is 1. The smallest absolute Gasteiger partial charge is 0.355 e. The van der Waals surface area contributed by atoms with Crippen LogP contribution in [0.15, 0.2) is 29.3 Å². The number of hydrogen-bond acceptors (Lipinski definition) is 4. The van der Waals surface area contributed by atoms with Crippen LogP contribution in [-0.4, -0.2) is 28.2 Å². The van der Waals surface area contributed by atoms with Crippen LogP contribution < -0.4 is 5.32 Å². The van der Waals surface area contributed by atoms with Crippen molar-refractivity contribution in [2.45, 2.75) is 24.5 Å². The van der Waals surface area contributed by atoms with Crippen LogP contribution in [0.2, 0.25) is 0 Å². The summed E-state index contributed by atoms with van der Waals surface area (Å²) in [5.41, 5.74) is 0.210. The SMILES string of the molecule is CCCNC(=O)CSc1nc(C(F)(F)F)nc2ccccc12. The molecule has 118 valence electrons. The number of amides is 1. The fraction of sp³-hybridized carbons (Fsp3) is 0.357. The van der Waals surface area contributed by atoms with E-state index in [1.54, 1.807) is 18.2 Å². The number of halogens is 3. The van der Waals surface area contributed by atoms with Gasteiger partial charge >= 0.3 is 6.18 Å². The monoisotopic (exact) mass is 329 g/mol. The van der Waals surface area contributed by atoms with Crippen LogP contribution in [0.25, 0.3) is 10.9 Å². The second kappa shape index (κ2) is 6.95. The summed E-state index contributed by atoms with van der Waals surface area (Å²) in [6.45, 7) is 2.46. The van der Waals surface area contributed by atoms with Crippen LogP contribution in [0.4, 0.5) is 13.2 Å². The van der Waals surface area contributed by atoms with Gasteiger partial charge in [0.1, 0.15) is 5.03 Å². The molecule has 1 heterocycles. The Morgan fingerprint density at radius 2 is 2.00 bits per heavy atom. The minimum Gasteiger partial charge on any atom is -0.355 e. The second-order valence-corrected chi connectivity index (χ2v) is 5.47. The molecule has 0 aliphatic carbocycles. The molecule has 0 bridgehead atoms. The molecule has 2 rings (SSSR count). The molecule has 0 fully saturated rings. The predicted octanol–water partition coefficient (Wildman–Crippen LogP) is 3.27. The standard InChI is InChI=1S/C14H14F3N3OS/c1-2-7-18-11(21)8-22-12-9-5-3-4-6-10(9)19-13(20-12)14(15,16)17/h3-6H,2,7-8H2,1H3,(H,18,21). The van der Waals surface area contributed by atoms with Gasteiger partial charge < -0.3 is 5.32 Å². The molecular weight excluding hydrogens is 315 g/mol. The average Bonchev–Trinajstić information content (AvgIpc) is 2.49. The summed E-state index contributed by atoms with van der Waals surface area (Å²) < 4.78 is 38.5. The molecule has 0 aliphatic heterocycles. The Morgan fingerprint density at radius 1 is 1.27 bits per heavy atom. The summed E-state index contributed by atoms with van der Waals surface area (Å²) >= 11 is 0.976. The molecule has 0 atom stereocenters. The number of thioether (sulfide) groups is 1. The third-order valence-electron chi connectivity index (χ3n) is 2.73. The summed E-state index contributed by atoms with van der Waals surface area (Å²) in [6, 6.07) is 6.44. The quantitative estimate of drug-likeness (QED) is 0.676. The Kier molecular flexibility index (Phi) is 5.23. The number of nitrogens with one attached hydrogen (secondary N) is 1. The van der Waals surface area contributed by atoms with Gasteiger partial charge in [-0.2, -0.15) is 13.2 Å². The van der Waals surface area contributed by atoms with E-state index in [-0.39, 0.29) is 22.2 Å². The minimum atomic E-state index is -4.62. The molecule has 0 saturated carbocycles. The van der Waals surface area contributed by atoms with Crippen LogP contribution in [0.3, 0.4) is 0 Å². The lowest BCUT2D eigenvalue weighted by Gasteiger charge is -2.10. The topological polar surface area (TPSA) is 54.9 Å². The third-order valence-corrected chi connectivity index (χ3v) is 3.73. The van der Waals surface area contributed by atoms with Gasteiger partial charge in [-0.1, -0.05) is 36.9 Å². The van der Waals surface area contributed by atoms with Crippen molar-refractivity contribution in [1.82, 2.24) is 15.3 Å². The molecule has 1 N–H and O–H groups in total. The second-order valence-electron chi connectivity index (χ2n) is 4.51. The lowest BCUT2D eigenvalue weighted by Crippen LogP contribution is -2.25. The fourth-order valence-electron chi connectivity index (χ4n) is 1.73. The Labute approximate surface area is 129 Å². The molecule has 1 amide bonds. The highest BCUT2D eigenvalue weighted by atomic mass is 32.2. The van der Waals surface area contributed by atoms with Crippen LogP contribution in [0.5, 0.6) is 0 Å². The van der Waals surface area contributed by atoms with E-state index in [0.717, 1.165) is 18.2 Å². The first-order chi connectivity index (χ1) is 10.4. The van der Waals surface area contributed by atoms with Gasteiger partial charge in [0.2, 0.25) is 11.7 Å². The maximum absolute atomic E-state index is 12.8. The fourth-order valence-corrected chi connectivity index (χ4v) is 2.58. The number of aromatic nitrogens is 2. The molecule has 0 radical (unpaired) electrons. The van der Waals surface area contributed by atoms with Gasteiger partial charge in [0.15, 0.2) is 0 Å². The van der Waals surface area contributed by atoms with E-state index in [2.05, 4.69) is 15.3 Å². The third kappa shape index (κ3) is 4.09. The van der Waals surface area contributed by atoms with Crippen molar-refractivity contribution in [2.24, 2.45) is 0 Å². The van der Waals surface area contributed by atoms with E-state index in [9.17, 15) is 18.0 Å². The van der Waals surface area contributed by atoms with Crippen molar-refractivity contribution < 1.29 is 18.0 Å². The molecular formula is C14H14F3N3OS. The summed E-state index contributed by atoms with van der Waals surface area (Å²) in [6.07, 6.45) is -3.82. The Morgan fingerprint density at radius 3 is 2.68 bits per heavy atom. The zero-order valence-corrected chi connectivity index (χ0v) is 12.6. The first-order valence-corrected chi connectivity index (χ1v) is 7.64. The molecule has 22 heavy (non-hydrogen) atoms. The highest BCUT2D eigenvalue weighted by Gasteiger charge is 2.35. The maximum atomic E-state index is 12.8. The molecule has 2 aromatic rings. The molecule has 0 saturated heterocycles. The average molecular weight is 329 g/mol. The van der Waals surface area contributed by atoms with Crippen molar-refractivity contribution >= 4 is 28.6 Å². The van der Waals surface area contributed by atoms with Gasteiger partial charge in [0, 0.05) is 11.9 Å². The summed E-state index contributed by atoms with van der Waals surface area (Å²) in [4.78, 5) is 18.7. The van der Waals surface area contributed by atoms with Gasteiger partial charge in [-0.05, 0) is 12.5 Å². The molecule has 1 aromatic carbocycles. The van der Waals surface area contributed by atoms with Crippen LogP contribution in [-0.2, 0) is 11.0 Å². The normalized spacial score (nSPS) is 11.6. The van der Waals surface area contributed by atoms with Crippen LogP contribution in [0.1, 0.15) is 19.2 Å². The predicted molar refractivity (Wildman–Crippen MR) is 78.6 cm³/mol. The number of nitrogens with zero attached hydrogens (tertiary/aromatic N) is 2. The van der Waals surface area contributed by atoms with Crippen LogP contribution >= 0.6 is 11.8 Å². The molecule has 0 spiro atoms. The van der Waals surface area contributed by atoms with Crippen molar-refractivity contribution in [2.75, 3.05) is 12.3 Å². The van der Waals surface area contributed by atoms with E-state index < -0.39 is 12.0 Å². The molecule has 0 unspecified atom stereocenters. The first-order valence-electron chi connectivity index (χ1n) is 6.65. The van der Waals surface area contributed by atoms with Crippen molar-refractivity contribution in [3.8, 4) is 0 Å². The van der Waals surface area contributed by atoms with Gasteiger partial charge in [-0.15, -0.1) is 0 Å². The maximum Gasteiger partial charge on any atom is 0.451 e. The highest BCUT2D eigenvalue weighted by molar-refractivity contribution is 8.00. The Bertz CT molecular complexity index is 676. The lowest BCUT2D eigenvalue weighted by atomic mass is 10.2. The highest BCUT2D eigenvalue weighted by Crippen LogP contribution is 2.31. The largest absolute Gasteiger partial charge is 0.451 e. The minimum absolute atomic E-state index is 0.0122. The van der Waals surface area contributed by atoms with E-state index in [4.69, 9.17) is 0 Å². The van der Waals surface area contributed by atoms with Crippen molar-refractivity contribution in [3.05, 3.63) is 30.1 Å². The number of rotatable bonds is 5. The number of benzene rings is 1. The van der Waals surface area contributed by atoms with Crippen molar-refractivity contribution in [3.63, 3.8) is 0 Å². The van der Waals surface area contributed by atoms with Gasteiger partial charge in [-0.3, -0.25) is 4.79 Å². The number of fused-ring (bicyclic) bond motifs is 1. The Hall–Kier alpha value is -1.83. The summed E-state index contributed by atoms with van der Waals surface area (Å²) in [5.74, 6) is -1.41. The van der Waals surface area contributed by atoms with Crippen molar-refractivity contribution in [1.29, 1.82) is 0 Å². The number of para-hydroxylation sites is 1.